The lowest BCUT2D eigenvalue weighted by Crippen LogP contribution is -1.95. The molecule has 0 fully saturated rings. The number of rotatable bonds is 2. The zero-order valence-corrected chi connectivity index (χ0v) is 9.48. The van der Waals surface area contributed by atoms with Crippen LogP contribution in [0.1, 0.15) is 10.4 Å². The number of hydrogen-bond donors (Lipinski definition) is 2. The van der Waals surface area contributed by atoms with E-state index in [1.54, 1.807) is 24.3 Å². The first-order valence-electron chi connectivity index (χ1n) is 4.90. The first-order valence-corrected chi connectivity index (χ1v) is 5.28. The highest BCUT2D eigenvalue weighted by Gasteiger charge is 2.08. The minimum Gasteiger partial charge on any atom is -0.507 e. The number of hydrogen-bond acceptors (Lipinski definition) is 2. The summed E-state index contributed by atoms with van der Waals surface area (Å²) < 4.78 is 0. The lowest BCUT2D eigenvalue weighted by Gasteiger charge is -2.06. The Morgan fingerprint density at radius 1 is 1.12 bits per heavy atom. The molecule has 0 spiro atoms. The van der Waals surface area contributed by atoms with E-state index in [0.29, 0.717) is 16.1 Å². The Kier molecular flexibility index (Phi) is 3.02. The summed E-state index contributed by atoms with van der Waals surface area (Å²) >= 11 is 5.84. The van der Waals surface area contributed by atoms with Gasteiger partial charge in [-0.25, -0.2) is 4.79 Å². The third kappa shape index (κ3) is 2.40. The maximum atomic E-state index is 10.8. The van der Waals surface area contributed by atoms with Gasteiger partial charge in [0.05, 0.1) is 5.56 Å². The summed E-state index contributed by atoms with van der Waals surface area (Å²) in [5.41, 5.74) is 1.30. The van der Waals surface area contributed by atoms with Crippen molar-refractivity contribution < 1.29 is 15.0 Å². The van der Waals surface area contributed by atoms with Gasteiger partial charge in [-0.05, 0) is 35.9 Å². The number of carboxylic acids is 1. The van der Waals surface area contributed by atoms with Crippen molar-refractivity contribution >= 4 is 17.6 Å². The molecule has 0 bridgehead atoms. The Morgan fingerprint density at radius 3 is 2.59 bits per heavy atom. The van der Waals surface area contributed by atoms with Gasteiger partial charge in [-0.2, -0.15) is 0 Å². The third-order valence-corrected chi connectivity index (χ3v) is 2.61. The van der Waals surface area contributed by atoms with Gasteiger partial charge in [0.2, 0.25) is 0 Å². The smallest absolute Gasteiger partial charge is 0.335 e. The molecule has 0 aliphatic rings. The van der Waals surface area contributed by atoms with Crippen LogP contribution in [0.3, 0.4) is 0 Å². The summed E-state index contributed by atoms with van der Waals surface area (Å²) in [6.45, 7) is 0. The van der Waals surface area contributed by atoms with Gasteiger partial charge in [0.15, 0.2) is 0 Å². The molecule has 86 valence electrons. The van der Waals surface area contributed by atoms with Crippen LogP contribution < -0.4 is 0 Å². The van der Waals surface area contributed by atoms with E-state index in [-0.39, 0.29) is 11.3 Å². The topological polar surface area (TPSA) is 57.5 Å². The highest BCUT2D eigenvalue weighted by Crippen LogP contribution is 2.31. The molecule has 3 nitrogen and oxygen atoms in total. The van der Waals surface area contributed by atoms with Crippen molar-refractivity contribution in [3.8, 4) is 16.9 Å². The fraction of sp³-hybridized carbons (Fsp3) is 0. The van der Waals surface area contributed by atoms with E-state index in [1.807, 2.05) is 0 Å². The molecule has 2 N–H and O–H groups in total. The van der Waals surface area contributed by atoms with Gasteiger partial charge < -0.3 is 10.2 Å². The second kappa shape index (κ2) is 4.47. The fourth-order valence-corrected chi connectivity index (χ4v) is 1.73. The number of phenolic OH excluding ortho intramolecular Hbond substituents is 1. The van der Waals surface area contributed by atoms with E-state index in [1.165, 1.54) is 18.2 Å². The standard InChI is InChI=1S/C13H9ClO3/c14-10-4-5-12(15)11(7-10)8-2-1-3-9(6-8)13(16)17/h1-7,15H,(H,16,17). The minimum absolute atomic E-state index is 0.0666. The molecule has 2 aromatic carbocycles. The molecule has 0 saturated carbocycles. The quantitative estimate of drug-likeness (QED) is 0.856. The molecule has 4 heteroatoms. The maximum absolute atomic E-state index is 10.8. The van der Waals surface area contributed by atoms with Crippen molar-refractivity contribution in [3.05, 3.63) is 53.1 Å². The van der Waals surface area contributed by atoms with Gasteiger partial charge in [-0.15, -0.1) is 0 Å². The van der Waals surface area contributed by atoms with Crippen molar-refractivity contribution in [3.63, 3.8) is 0 Å². The number of benzene rings is 2. The number of aromatic carboxylic acids is 1. The summed E-state index contributed by atoms with van der Waals surface area (Å²) in [5, 5.41) is 19.1. The molecule has 0 atom stereocenters. The number of carboxylic acid groups (broad SMARTS) is 1. The lowest BCUT2D eigenvalue weighted by atomic mass is 10.0. The van der Waals surface area contributed by atoms with Crippen LogP contribution in [0.25, 0.3) is 11.1 Å². The molecule has 0 amide bonds. The van der Waals surface area contributed by atoms with Crippen LogP contribution in [0.2, 0.25) is 5.02 Å². The molecule has 17 heavy (non-hydrogen) atoms. The van der Waals surface area contributed by atoms with Crippen molar-refractivity contribution in [2.24, 2.45) is 0 Å². The lowest BCUT2D eigenvalue weighted by molar-refractivity contribution is 0.0697. The minimum atomic E-state index is -1.01. The Balaban J connectivity index is 2.56. The third-order valence-electron chi connectivity index (χ3n) is 2.38. The Labute approximate surface area is 103 Å². The number of aromatic hydroxyl groups is 1. The molecule has 2 rings (SSSR count). The molecule has 0 aliphatic heterocycles. The van der Waals surface area contributed by atoms with E-state index in [4.69, 9.17) is 16.7 Å². The first-order chi connectivity index (χ1) is 8.08. The number of phenols is 1. The summed E-state index contributed by atoms with van der Waals surface area (Å²) in [7, 11) is 0. The molecule has 0 unspecified atom stereocenters. The van der Waals surface area contributed by atoms with E-state index in [2.05, 4.69) is 0 Å². The highest BCUT2D eigenvalue weighted by atomic mass is 35.5. The Morgan fingerprint density at radius 2 is 1.88 bits per heavy atom. The van der Waals surface area contributed by atoms with E-state index < -0.39 is 5.97 Å². The predicted molar refractivity (Wildman–Crippen MR) is 65.5 cm³/mol. The van der Waals surface area contributed by atoms with Crippen LogP contribution in [-0.2, 0) is 0 Å². The van der Waals surface area contributed by atoms with E-state index in [0.717, 1.165) is 0 Å². The van der Waals surface area contributed by atoms with Gasteiger partial charge in [0.1, 0.15) is 5.75 Å². The molecule has 2 aromatic rings. The van der Waals surface area contributed by atoms with Gasteiger partial charge >= 0.3 is 5.97 Å². The average molecular weight is 249 g/mol. The molecular formula is C13H9ClO3. The summed E-state index contributed by atoms with van der Waals surface area (Å²) in [5.74, 6) is -0.940. The number of carbonyl (C=O) groups is 1. The van der Waals surface area contributed by atoms with Crippen LogP contribution in [0.4, 0.5) is 0 Å². The largest absolute Gasteiger partial charge is 0.507 e. The van der Waals surface area contributed by atoms with Crippen molar-refractivity contribution in [2.75, 3.05) is 0 Å². The zero-order valence-electron chi connectivity index (χ0n) is 8.72. The van der Waals surface area contributed by atoms with Gasteiger partial charge in [0, 0.05) is 10.6 Å². The van der Waals surface area contributed by atoms with Crippen molar-refractivity contribution in [2.45, 2.75) is 0 Å². The molecule has 0 aliphatic carbocycles. The second-order valence-corrected chi connectivity index (χ2v) is 3.98. The normalized spacial score (nSPS) is 10.2. The van der Waals surface area contributed by atoms with Crippen LogP contribution in [0.5, 0.6) is 5.75 Å². The zero-order chi connectivity index (χ0) is 12.4. The Bertz CT molecular complexity index is 579. The molecule has 0 radical (unpaired) electrons. The van der Waals surface area contributed by atoms with Gasteiger partial charge in [0.25, 0.3) is 0 Å². The van der Waals surface area contributed by atoms with E-state index in [9.17, 15) is 9.90 Å². The fourth-order valence-electron chi connectivity index (χ4n) is 1.56. The average Bonchev–Trinajstić information content (AvgIpc) is 2.32. The van der Waals surface area contributed by atoms with Gasteiger partial charge in [-0.1, -0.05) is 23.7 Å². The summed E-state index contributed by atoms with van der Waals surface area (Å²) in [4.78, 5) is 10.8. The highest BCUT2D eigenvalue weighted by molar-refractivity contribution is 6.31. The summed E-state index contributed by atoms with van der Waals surface area (Å²) in [6.07, 6.45) is 0. The Hall–Kier alpha value is -2.00. The van der Waals surface area contributed by atoms with Crippen molar-refractivity contribution in [1.82, 2.24) is 0 Å². The molecule has 0 aromatic heterocycles. The maximum Gasteiger partial charge on any atom is 0.335 e. The SMILES string of the molecule is O=C(O)c1cccc(-c2cc(Cl)ccc2O)c1. The van der Waals surface area contributed by atoms with Gasteiger partial charge in [-0.3, -0.25) is 0 Å². The molecule has 0 saturated heterocycles. The second-order valence-electron chi connectivity index (χ2n) is 3.55. The number of halogens is 1. The molecular weight excluding hydrogens is 240 g/mol. The van der Waals surface area contributed by atoms with Crippen LogP contribution >= 0.6 is 11.6 Å². The van der Waals surface area contributed by atoms with Crippen molar-refractivity contribution in [1.29, 1.82) is 0 Å². The van der Waals surface area contributed by atoms with E-state index >= 15 is 0 Å². The first kappa shape index (κ1) is 11.5. The van der Waals surface area contributed by atoms with Crippen LogP contribution in [0, 0.1) is 0 Å². The monoisotopic (exact) mass is 248 g/mol. The molecule has 0 heterocycles. The summed E-state index contributed by atoms with van der Waals surface area (Å²) in [6, 6.07) is 11.0. The van der Waals surface area contributed by atoms with Crippen LogP contribution in [-0.4, -0.2) is 16.2 Å². The van der Waals surface area contributed by atoms with Crippen LogP contribution in [0.15, 0.2) is 42.5 Å². The predicted octanol–water partition coefficient (Wildman–Crippen LogP) is 3.41.